The fraction of sp³-hybridized carbons (Fsp3) is 0.833. The summed E-state index contributed by atoms with van der Waals surface area (Å²) in [6, 6.07) is 0.249. The van der Waals surface area contributed by atoms with E-state index in [1.54, 1.807) is 11.8 Å². The Balaban J connectivity index is 4.17. The van der Waals surface area contributed by atoms with Gasteiger partial charge in [-0.3, -0.25) is 9.59 Å². The standard InChI is InChI=1S/C12H24N2O3S/c1-9(14-8-15)12(13-2)10(18-3)6-4-5-7-11(16)17/h8-10,12-13H,4-7H2,1-3H3,(H,14,15)(H,16,17). The summed E-state index contributed by atoms with van der Waals surface area (Å²) in [5.74, 6) is -0.739. The number of carbonyl (C=O) groups excluding carboxylic acids is 1. The first kappa shape index (κ1) is 17.2. The van der Waals surface area contributed by atoms with E-state index >= 15 is 0 Å². The van der Waals surface area contributed by atoms with E-state index < -0.39 is 5.97 Å². The molecule has 5 nitrogen and oxygen atoms in total. The largest absolute Gasteiger partial charge is 0.481 e. The first-order valence-corrected chi connectivity index (χ1v) is 7.47. The highest BCUT2D eigenvalue weighted by Gasteiger charge is 2.24. The lowest BCUT2D eigenvalue weighted by Gasteiger charge is -2.30. The molecule has 0 heterocycles. The molecule has 0 aromatic rings. The van der Waals surface area contributed by atoms with Crippen LogP contribution in [0.25, 0.3) is 0 Å². The number of carboxylic acids is 1. The third-order valence-corrected chi connectivity index (χ3v) is 4.17. The second kappa shape index (κ2) is 10.2. The summed E-state index contributed by atoms with van der Waals surface area (Å²) < 4.78 is 0. The van der Waals surface area contributed by atoms with Crippen LogP contribution in [0.4, 0.5) is 0 Å². The van der Waals surface area contributed by atoms with E-state index in [1.165, 1.54) is 0 Å². The van der Waals surface area contributed by atoms with Gasteiger partial charge < -0.3 is 15.7 Å². The third-order valence-electron chi connectivity index (χ3n) is 3.04. The van der Waals surface area contributed by atoms with E-state index in [0.717, 1.165) is 19.3 Å². The summed E-state index contributed by atoms with van der Waals surface area (Å²) in [7, 11) is 1.88. The molecular weight excluding hydrogens is 252 g/mol. The zero-order valence-corrected chi connectivity index (χ0v) is 12.1. The molecule has 106 valence electrons. The van der Waals surface area contributed by atoms with Crippen LogP contribution in [0.1, 0.15) is 32.6 Å². The zero-order chi connectivity index (χ0) is 14.0. The second-order valence-corrected chi connectivity index (χ2v) is 5.38. The Morgan fingerprint density at radius 2 is 2.11 bits per heavy atom. The summed E-state index contributed by atoms with van der Waals surface area (Å²) in [4.78, 5) is 20.9. The SMILES string of the molecule is CNC(C(C)NC=O)C(CCCCC(=O)O)SC. The predicted octanol–water partition coefficient (Wildman–Crippen LogP) is 1.09. The molecule has 3 N–H and O–H groups in total. The molecule has 0 saturated carbocycles. The van der Waals surface area contributed by atoms with E-state index in [9.17, 15) is 9.59 Å². The maximum absolute atomic E-state index is 10.5. The lowest BCUT2D eigenvalue weighted by atomic mass is 10.0. The molecule has 0 bridgehead atoms. The number of carboxylic acid groups (broad SMARTS) is 1. The van der Waals surface area contributed by atoms with Crippen LogP contribution in [0.5, 0.6) is 0 Å². The van der Waals surface area contributed by atoms with Crippen LogP contribution in [0, 0.1) is 0 Å². The van der Waals surface area contributed by atoms with Crippen molar-refractivity contribution < 1.29 is 14.7 Å². The van der Waals surface area contributed by atoms with Crippen molar-refractivity contribution in [2.45, 2.75) is 49.9 Å². The van der Waals surface area contributed by atoms with Gasteiger partial charge in [-0.25, -0.2) is 0 Å². The van der Waals surface area contributed by atoms with Gasteiger partial charge in [-0.1, -0.05) is 6.42 Å². The van der Waals surface area contributed by atoms with Gasteiger partial charge in [-0.05, 0) is 33.1 Å². The molecule has 0 spiro atoms. The minimum atomic E-state index is -0.739. The number of aliphatic carboxylic acids is 1. The Labute approximate surface area is 113 Å². The highest BCUT2D eigenvalue weighted by molar-refractivity contribution is 7.99. The second-order valence-electron chi connectivity index (χ2n) is 4.30. The zero-order valence-electron chi connectivity index (χ0n) is 11.3. The number of likely N-dealkylation sites (N-methyl/N-ethyl adjacent to an activating group) is 1. The quantitative estimate of drug-likeness (QED) is 0.389. The summed E-state index contributed by atoms with van der Waals surface area (Å²) in [6.07, 6.45) is 5.54. The lowest BCUT2D eigenvalue weighted by molar-refractivity contribution is -0.137. The average molecular weight is 276 g/mol. The van der Waals surface area contributed by atoms with Crippen molar-refractivity contribution in [2.75, 3.05) is 13.3 Å². The van der Waals surface area contributed by atoms with Crippen LogP contribution >= 0.6 is 11.8 Å². The smallest absolute Gasteiger partial charge is 0.303 e. The van der Waals surface area contributed by atoms with E-state index in [0.29, 0.717) is 11.7 Å². The number of unbranched alkanes of at least 4 members (excludes halogenated alkanes) is 1. The molecule has 0 rings (SSSR count). The van der Waals surface area contributed by atoms with E-state index in [1.807, 2.05) is 20.2 Å². The Morgan fingerprint density at radius 1 is 1.44 bits per heavy atom. The molecule has 0 radical (unpaired) electrons. The van der Waals surface area contributed by atoms with Gasteiger partial charge in [-0.15, -0.1) is 0 Å². The van der Waals surface area contributed by atoms with Gasteiger partial charge in [0.1, 0.15) is 0 Å². The van der Waals surface area contributed by atoms with Gasteiger partial charge in [0.2, 0.25) is 6.41 Å². The Hall–Kier alpha value is -0.750. The molecule has 3 unspecified atom stereocenters. The van der Waals surface area contributed by atoms with Gasteiger partial charge >= 0.3 is 5.97 Å². The number of hydrogen-bond acceptors (Lipinski definition) is 4. The molecular formula is C12H24N2O3S. The van der Waals surface area contributed by atoms with Crippen LogP contribution in [0.2, 0.25) is 0 Å². The summed E-state index contributed by atoms with van der Waals surface area (Å²) in [6.45, 7) is 1.97. The average Bonchev–Trinajstić information content (AvgIpc) is 2.33. The molecule has 0 aliphatic carbocycles. The monoisotopic (exact) mass is 276 g/mol. The highest BCUT2D eigenvalue weighted by Crippen LogP contribution is 2.20. The summed E-state index contributed by atoms with van der Waals surface area (Å²) >= 11 is 1.75. The van der Waals surface area contributed by atoms with Gasteiger partial charge in [0.15, 0.2) is 0 Å². The van der Waals surface area contributed by atoms with Crippen LogP contribution in [-0.4, -0.2) is 48.1 Å². The van der Waals surface area contributed by atoms with Crippen LogP contribution in [-0.2, 0) is 9.59 Å². The van der Waals surface area contributed by atoms with Crippen LogP contribution < -0.4 is 10.6 Å². The normalized spacial score (nSPS) is 15.7. The van der Waals surface area contributed by atoms with Crippen LogP contribution in [0.15, 0.2) is 0 Å². The maximum Gasteiger partial charge on any atom is 0.303 e. The molecule has 18 heavy (non-hydrogen) atoms. The van der Waals surface area contributed by atoms with Crippen molar-refractivity contribution in [2.24, 2.45) is 0 Å². The molecule has 6 heteroatoms. The van der Waals surface area contributed by atoms with Gasteiger partial charge in [0.25, 0.3) is 0 Å². The first-order chi connectivity index (χ1) is 8.56. The van der Waals surface area contributed by atoms with Gasteiger partial charge in [0, 0.05) is 23.8 Å². The van der Waals surface area contributed by atoms with Crippen molar-refractivity contribution in [1.29, 1.82) is 0 Å². The molecule has 0 aliphatic heterocycles. The molecule has 0 aromatic heterocycles. The first-order valence-electron chi connectivity index (χ1n) is 6.18. The molecule has 3 atom stereocenters. The van der Waals surface area contributed by atoms with Crippen molar-refractivity contribution in [3.63, 3.8) is 0 Å². The third kappa shape index (κ3) is 6.86. The summed E-state index contributed by atoms with van der Waals surface area (Å²) in [5.41, 5.74) is 0. The molecule has 0 aromatic carbocycles. The minimum absolute atomic E-state index is 0.0597. The summed E-state index contributed by atoms with van der Waals surface area (Å²) in [5, 5.41) is 14.9. The molecule has 0 aliphatic rings. The minimum Gasteiger partial charge on any atom is -0.481 e. The van der Waals surface area contributed by atoms with Crippen molar-refractivity contribution in [1.82, 2.24) is 10.6 Å². The number of amides is 1. The Morgan fingerprint density at radius 3 is 2.56 bits per heavy atom. The van der Waals surface area contributed by atoms with Gasteiger partial charge in [-0.2, -0.15) is 11.8 Å². The van der Waals surface area contributed by atoms with Crippen molar-refractivity contribution in [3.8, 4) is 0 Å². The van der Waals surface area contributed by atoms with Crippen molar-refractivity contribution in [3.05, 3.63) is 0 Å². The fourth-order valence-electron chi connectivity index (χ4n) is 2.03. The van der Waals surface area contributed by atoms with Crippen molar-refractivity contribution >= 4 is 24.1 Å². The number of thioether (sulfide) groups is 1. The number of nitrogens with one attached hydrogen (secondary N) is 2. The van der Waals surface area contributed by atoms with E-state index in [2.05, 4.69) is 10.6 Å². The highest BCUT2D eigenvalue weighted by atomic mass is 32.2. The van der Waals surface area contributed by atoms with Gasteiger partial charge in [0.05, 0.1) is 0 Å². The number of hydrogen-bond donors (Lipinski definition) is 3. The number of rotatable bonds is 11. The Kier molecular flexibility index (Phi) is 9.77. The molecule has 0 fully saturated rings. The molecule has 0 saturated heterocycles. The number of carbonyl (C=O) groups is 2. The topological polar surface area (TPSA) is 78.4 Å². The van der Waals surface area contributed by atoms with E-state index in [-0.39, 0.29) is 18.5 Å². The maximum atomic E-state index is 10.5. The Bertz CT molecular complexity index is 251. The fourth-order valence-corrected chi connectivity index (χ4v) is 3.10. The lowest BCUT2D eigenvalue weighted by Crippen LogP contribution is -2.50. The predicted molar refractivity (Wildman–Crippen MR) is 74.9 cm³/mol. The van der Waals surface area contributed by atoms with Crippen LogP contribution in [0.3, 0.4) is 0 Å². The molecule has 1 amide bonds. The van der Waals surface area contributed by atoms with E-state index in [4.69, 9.17) is 5.11 Å².